The molecule has 0 aliphatic carbocycles. The molecule has 7 nitrogen and oxygen atoms in total. The number of nitrogens with zero attached hydrogens (tertiary/aromatic N) is 3. The number of piperazine rings is 1. The molecule has 2 fully saturated rings. The Morgan fingerprint density at radius 1 is 0.821 bits per heavy atom. The van der Waals surface area contributed by atoms with Gasteiger partial charge in [-0.1, -0.05) is 12.1 Å². The van der Waals surface area contributed by atoms with E-state index in [-0.39, 0.29) is 17.7 Å². The smallest absolute Gasteiger partial charge is 0.236 e. The molecule has 0 atom stereocenters. The molecular weight excluding hydrogens is 356 g/mol. The first-order chi connectivity index (χ1) is 13.5. The maximum atomic E-state index is 12.6. The molecule has 0 radical (unpaired) electrons. The lowest BCUT2D eigenvalue weighted by Crippen LogP contribution is -2.52. The van der Waals surface area contributed by atoms with Crippen molar-refractivity contribution in [1.82, 2.24) is 14.7 Å². The first kappa shape index (κ1) is 20.3. The van der Waals surface area contributed by atoms with E-state index in [1.807, 2.05) is 34.1 Å². The summed E-state index contributed by atoms with van der Waals surface area (Å²) in [5, 5.41) is 2.72. The Balaban J connectivity index is 1.42. The summed E-state index contributed by atoms with van der Waals surface area (Å²) < 4.78 is 0. The summed E-state index contributed by atoms with van der Waals surface area (Å²) in [4.78, 5) is 42.0. The molecule has 1 aromatic carbocycles. The molecule has 28 heavy (non-hydrogen) atoms. The van der Waals surface area contributed by atoms with E-state index in [1.54, 1.807) is 0 Å². The number of piperidine rings is 1. The number of hydrogen-bond donors (Lipinski definition) is 1. The van der Waals surface area contributed by atoms with Gasteiger partial charge in [0, 0.05) is 51.9 Å². The maximum Gasteiger partial charge on any atom is 0.236 e. The SMILES string of the molecule is CC(=O)Nc1ccc(CC(=O)N2CCN(CC(=O)N3CCCCC3)CC2)cc1. The molecule has 1 aromatic rings. The third kappa shape index (κ3) is 5.79. The van der Waals surface area contributed by atoms with Gasteiger partial charge in [0.2, 0.25) is 17.7 Å². The van der Waals surface area contributed by atoms with Crippen molar-refractivity contribution in [3.63, 3.8) is 0 Å². The van der Waals surface area contributed by atoms with Gasteiger partial charge in [-0.05, 0) is 37.0 Å². The molecule has 1 N–H and O–H groups in total. The van der Waals surface area contributed by atoms with E-state index < -0.39 is 0 Å². The largest absolute Gasteiger partial charge is 0.342 e. The fraction of sp³-hybridized carbons (Fsp3) is 0.571. The number of nitrogens with one attached hydrogen (secondary N) is 1. The molecule has 2 aliphatic heterocycles. The van der Waals surface area contributed by atoms with Crippen molar-refractivity contribution in [3.8, 4) is 0 Å². The Morgan fingerprint density at radius 2 is 1.43 bits per heavy atom. The average Bonchev–Trinajstić information content (AvgIpc) is 2.70. The molecule has 3 rings (SSSR count). The Bertz CT molecular complexity index is 690. The summed E-state index contributed by atoms with van der Waals surface area (Å²) in [5.74, 6) is 0.216. The second kappa shape index (κ2) is 9.68. The molecule has 0 spiro atoms. The van der Waals surface area contributed by atoms with E-state index in [4.69, 9.17) is 0 Å². The van der Waals surface area contributed by atoms with Gasteiger partial charge >= 0.3 is 0 Å². The fourth-order valence-electron chi connectivity index (χ4n) is 3.79. The first-order valence-electron chi connectivity index (χ1n) is 10.2. The van der Waals surface area contributed by atoms with Gasteiger partial charge in [-0.25, -0.2) is 0 Å². The van der Waals surface area contributed by atoms with Crippen LogP contribution >= 0.6 is 0 Å². The van der Waals surface area contributed by atoms with Crippen molar-refractivity contribution in [1.29, 1.82) is 0 Å². The van der Waals surface area contributed by atoms with E-state index in [2.05, 4.69) is 10.2 Å². The Morgan fingerprint density at radius 3 is 2.04 bits per heavy atom. The summed E-state index contributed by atoms with van der Waals surface area (Å²) >= 11 is 0. The van der Waals surface area contributed by atoms with Crippen molar-refractivity contribution in [2.75, 3.05) is 51.1 Å². The van der Waals surface area contributed by atoms with Gasteiger partial charge < -0.3 is 15.1 Å². The predicted octanol–water partition coefficient (Wildman–Crippen LogP) is 1.34. The number of rotatable bonds is 5. The normalized spacial score (nSPS) is 18.0. The van der Waals surface area contributed by atoms with E-state index in [9.17, 15) is 14.4 Å². The lowest BCUT2D eigenvalue weighted by atomic mass is 10.1. The number of amides is 3. The van der Waals surface area contributed by atoms with Crippen molar-refractivity contribution in [2.45, 2.75) is 32.6 Å². The monoisotopic (exact) mass is 386 g/mol. The van der Waals surface area contributed by atoms with Crippen LogP contribution in [-0.4, -0.2) is 78.2 Å². The number of hydrogen-bond acceptors (Lipinski definition) is 4. The van der Waals surface area contributed by atoms with Crippen LogP contribution in [0.25, 0.3) is 0 Å². The standard InChI is InChI=1S/C21H30N4O3/c1-17(26)22-19-7-5-18(6-8-19)15-20(27)25-13-11-23(12-14-25)16-21(28)24-9-3-2-4-10-24/h5-8H,2-4,9-16H2,1H3,(H,22,26). The van der Waals surface area contributed by atoms with Gasteiger partial charge in [-0.3, -0.25) is 19.3 Å². The van der Waals surface area contributed by atoms with Crippen LogP contribution in [0.15, 0.2) is 24.3 Å². The summed E-state index contributed by atoms with van der Waals surface area (Å²) in [7, 11) is 0. The van der Waals surface area contributed by atoms with Crippen LogP contribution in [0, 0.1) is 0 Å². The second-order valence-electron chi connectivity index (χ2n) is 7.65. The van der Waals surface area contributed by atoms with Crippen LogP contribution < -0.4 is 5.32 Å². The number of likely N-dealkylation sites (tertiary alicyclic amines) is 1. The maximum absolute atomic E-state index is 12.6. The minimum absolute atomic E-state index is 0.106. The van der Waals surface area contributed by atoms with Gasteiger partial charge in [-0.15, -0.1) is 0 Å². The highest BCUT2D eigenvalue weighted by Gasteiger charge is 2.24. The molecule has 0 aromatic heterocycles. The van der Waals surface area contributed by atoms with E-state index >= 15 is 0 Å². The molecule has 7 heteroatoms. The van der Waals surface area contributed by atoms with Crippen molar-refractivity contribution >= 4 is 23.4 Å². The highest BCUT2D eigenvalue weighted by molar-refractivity contribution is 5.88. The minimum atomic E-state index is -0.111. The topological polar surface area (TPSA) is 73.0 Å². The quantitative estimate of drug-likeness (QED) is 0.829. The first-order valence-corrected chi connectivity index (χ1v) is 10.2. The fourth-order valence-corrected chi connectivity index (χ4v) is 3.79. The molecule has 152 valence electrons. The van der Waals surface area contributed by atoms with Gasteiger partial charge in [0.05, 0.1) is 13.0 Å². The second-order valence-corrected chi connectivity index (χ2v) is 7.65. The van der Waals surface area contributed by atoms with Crippen LogP contribution in [-0.2, 0) is 20.8 Å². The van der Waals surface area contributed by atoms with Gasteiger partial charge in [0.1, 0.15) is 0 Å². The molecule has 0 saturated carbocycles. The zero-order valence-electron chi connectivity index (χ0n) is 16.7. The summed E-state index contributed by atoms with van der Waals surface area (Å²) in [6, 6.07) is 7.37. The third-order valence-electron chi connectivity index (χ3n) is 5.42. The summed E-state index contributed by atoms with van der Waals surface area (Å²) in [5.41, 5.74) is 1.66. The zero-order valence-corrected chi connectivity index (χ0v) is 16.7. The lowest BCUT2D eigenvalue weighted by Gasteiger charge is -2.36. The molecule has 2 saturated heterocycles. The van der Waals surface area contributed by atoms with Gasteiger partial charge in [-0.2, -0.15) is 0 Å². The van der Waals surface area contributed by atoms with Crippen LogP contribution in [0.2, 0.25) is 0 Å². The van der Waals surface area contributed by atoms with Crippen LogP contribution in [0.3, 0.4) is 0 Å². The Labute approximate surface area is 166 Å². The molecule has 0 unspecified atom stereocenters. The summed E-state index contributed by atoms with van der Waals surface area (Å²) in [6.07, 6.45) is 3.80. The molecule has 2 aliphatic rings. The number of carbonyl (C=O) groups excluding carboxylic acids is 3. The summed E-state index contributed by atoms with van der Waals surface area (Å²) in [6.45, 7) is 6.52. The van der Waals surface area contributed by atoms with Crippen molar-refractivity contribution in [2.24, 2.45) is 0 Å². The van der Waals surface area contributed by atoms with E-state index in [1.165, 1.54) is 13.3 Å². The van der Waals surface area contributed by atoms with Crippen molar-refractivity contribution in [3.05, 3.63) is 29.8 Å². The van der Waals surface area contributed by atoms with Gasteiger partial charge in [0.15, 0.2) is 0 Å². The Kier molecular flexibility index (Phi) is 7.03. The van der Waals surface area contributed by atoms with Crippen molar-refractivity contribution < 1.29 is 14.4 Å². The lowest BCUT2D eigenvalue weighted by molar-refractivity contribution is -0.135. The van der Waals surface area contributed by atoms with Gasteiger partial charge in [0.25, 0.3) is 0 Å². The molecule has 2 heterocycles. The number of anilines is 1. The van der Waals surface area contributed by atoms with Crippen LogP contribution in [0.5, 0.6) is 0 Å². The van der Waals surface area contributed by atoms with E-state index in [0.29, 0.717) is 26.1 Å². The minimum Gasteiger partial charge on any atom is -0.342 e. The Hall–Kier alpha value is -2.41. The highest BCUT2D eigenvalue weighted by atomic mass is 16.2. The zero-order chi connectivity index (χ0) is 19.9. The third-order valence-corrected chi connectivity index (χ3v) is 5.42. The van der Waals surface area contributed by atoms with Crippen LogP contribution in [0.1, 0.15) is 31.7 Å². The number of benzene rings is 1. The highest BCUT2D eigenvalue weighted by Crippen LogP contribution is 2.13. The average molecular weight is 386 g/mol. The number of carbonyl (C=O) groups is 3. The predicted molar refractivity (Wildman–Crippen MR) is 108 cm³/mol. The van der Waals surface area contributed by atoms with Crippen LogP contribution in [0.4, 0.5) is 5.69 Å². The molecular formula is C21H30N4O3. The molecule has 0 bridgehead atoms. The van der Waals surface area contributed by atoms with E-state index in [0.717, 1.165) is 50.3 Å². The molecule has 3 amide bonds.